The highest BCUT2D eigenvalue weighted by Gasteiger charge is 2.30. The summed E-state index contributed by atoms with van der Waals surface area (Å²) in [6.07, 6.45) is -4.86. The lowest BCUT2D eigenvalue weighted by Gasteiger charge is -2.33. The van der Waals surface area contributed by atoms with Gasteiger partial charge in [-0.1, -0.05) is 0 Å². The van der Waals surface area contributed by atoms with Crippen LogP contribution in [0.2, 0.25) is 0 Å². The number of halogens is 3. The van der Waals surface area contributed by atoms with E-state index in [0.29, 0.717) is 32.7 Å². The van der Waals surface area contributed by atoms with Crippen LogP contribution in [0.3, 0.4) is 0 Å². The summed E-state index contributed by atoms with van der Waals surface area (Å²) < 4.78 is 61.2. The number of piperazine rings is 1. The predicted molar refractivity (Wildman–Crippen MR) is 70.8 cm³/mol. The minimum Gasteiger partial charge on any atom is -0.330 e. The van der Waals surface area contributed by atoms with Crippen molar-refractivity contribution in [2.45, 2.75) is 25.4 Å². The molecule has 20 heavy (non-hydrogen) atoms. The van der Waals surface area contributed by atoms with Crippen molar-refractivity contribution in [1.29, 1.82) is 0 Å². The highest BCUT2D eigenvalue weighted by Crippen LogP contribution is 2.22. The fourth-order valence-electron chi connectivity index (χ4n) is 2.13. The number of nitrogens with two attached hydrogens (primary N) is 1. The van der Waals surface area contributed by atoms with Crippen LogP contribution in [0.5, 0.6) is 0 Å². The molecule has 0 radical (unpaired) electrons. The van der Waals surface area contributed by atoms with E-state index in [0.717, 1.165) is 13.0 Å². The zero-order valence-corrected chi connectivity index (χ0v) is 12.2. The van der Waals surface area contributed by atoms with Crippen LogP contribution in [0.25, 0.3) is 0 Å². The molecule has 9 heteroatoms. The first-order valence-corrected chi connectivity index (χ1v) is 8.32. The van der Waals surface area contributed by atoms with Gasteiger partial charge in [-0.3, -0.25) is 0 Å². The number of hydrogen-bond acceptors (Lipinski definition) is 4. The molecular formula is C11H22F3N3O2S. The first kappa shape index (κ1) is 17.7. The Kier molecular flexibility index (Phi) is 6.70. The molecule has 120 valence electrons. The average Bonchev–Trinajstić information content (AvgIpc) is 2.35. The summed E-state index contributed by atoms with van der Waals surface area (Å²) in [5.41, 5.74) is 5.41. The summed E-state index contributed by atoms with van der Waals surface area (Å²) in [4.78, 5) is 2.12. The molecule has 0 aromatic rings. The molecule has 0 unspecified atom stereocenters. The monoisotopic (exact) mass is 317 g/mol. The van der Waals surface area contributed by atoms with E-state index in [-0.39, 0.29) is 6.42 Å². The van der Waals surface area contributed by atoms with Crippen molar-refractivity contribution in [3.05, 3.63) is 0 Å². The zero-order chi connectivity index (χ0) is 15.2. The van der Waals surface area contributed by atoms with Crippen molar-refractivity contribution in [1.82, 2.24) is 9.21 Å². The van der Waals surface area contributed by atoms with Crippen LogP contribution >= 0.6 is 0 Å². The minimum atomic E-state index is -4.30. The SMILES string of the molecule is NCCCN1CCN(S(=O)(=O)CCCC(F)(F)F)CC1. The topological polar surface area (TPSA) is 66.6 Å². The highest BCUT2D eigenvalue weighted by molar-refractivity contribution is 7.89. The van der Waals surface area contributed by atoms with E-state index < -0.39 is 28.4 Å². The van der Waals surface area contributed by atoms with Gasteiger partial charge in [0.15, 0.2) is 0 Å². The number of hydrogen-bond donors (Lipinski definition) is 1. The fourth-order valence-corrected chi connectivity index (χ4v) is 3.62. The summed E-state index contributed by atoms with van der Waals surface area (Å²) in [6, 6.07) is 0. The van der Waals surface area contributed by atoms with Crippen molar-refractivity contribution in [2.75, 3.05) is 45.0 Å². The molecule has 1 fully saturated rings. The third kappa shape index (κ3) is 6.38. The maximum Gasteiger partial charge on any atom is 0.389 e. The van der Waals surface area contributed by atoms with Gasteiger partial charge in [0, 0.05) is 32.6 Å². The Morgan fingerprint density at radius 1 is 1.05 bits per heavy atom. The standard InChI is InChI=1S/C11H22F3N3O2S/c12-11(13,14)3-1-10-20(18,19)17-8-6-16(7-9-17)5-2-4-15/h1-10,15H2. The normalized spacial score (nSPS) is 19.4. The first-order chi connectivity index (χ1) is 9.24. The lowest BCUT2D eigenvalue weighted by molar-refractivity contribution is -0.134. The summed E-state index contributed by atoms with van der Waals surface area (Å²) in [5, 5.41) is 0. The smallest absolute Gasteiger partial charge is 0.330 e. The van der Waals surface area contributed by atoms with Gasteiger partial charge in [-0.05, 0) is 25.9 Å². The molecule has 0 aromatic heterocycles. The molecule has 1 saturated heterocycles. The molecule has 5 nitrogen and oxygen atoms in total. The number of rotatable bonds is 7. The summed E-state index contributed by atoms with van der Waals surface area (Å²) in [6.45, 7) is 3.34. The molecule has 1 heterocycles. The van der Waals surface area contributed by atoms with E-state index in [1.54, 1.807) is 0 Å². The molecular weight excluding hydrogens is 295 g/mol. The van der Waals surface area contributed by atoms with Crippen molar-refractivity contribution in [2.24, 2.45) is 5.73 Å². The molecule has 0 spiro atoms. The second-order valence-corrected chi connectivity index (χ2v) is 7.01. The largest absolute Gasteiger partial charge is 0.389 e. The summed E-state index contributed by atoms with van der Waals surface area (Å²) in [7, 11) is -3.57. The first-order valence-electron chi connectivity index (χ1n) is 6.71. The molecule has 0 aromatic carbocycles. The third-order valence-electron chi connectivity index (χ3n) is 3.27. The van der Waals surface area contributed by atoms with Crippen LogP contribution in [0.4, 0.5) is 13.2 Å². The van der Waals surface area contributed by atoms with E-state index in [2.05, 4.69) is 4.90 Å². The Labute approximate surface area is 117 Å². The molecule has 1 aliphatic heterocycles. The Morgan fingerprint density at radius 2 is 1.65 bits per heavy atom. The van der Waals surface area contributed by atoms with E-state index in [9.17, 15) is 21.6 Å². The number of alkyl halides is 3. The molecule has 2 N–H and O–H groups in total. The predicted octanol–water partition coefficient (Wildman–Crippen LogP) is 0.625. The zero-order valence-electron chi connectivity index (χ0n) is 11.4. The van der Waals surface area contributed by atoms with Gasteiger partial charge in [0.1, 0.15) is 0 Å². The molecule has 0 bridgehead atoms. The maximum atomic E-state index is 12.0. The number of sulfonamides is 1. The van der Waals surface area contributed by atoms with Crippen LogP contribution in [-0.2, 0) is 10.0 Å². The van der Waals surface area contributed by atoms with Crippen LogP contribution in [-0.4, -0.2) is 68.8 Å². The van der Waals surface area contributed by atoms with Gasteiger partial charge in [0.2, 0.25) is 10.0 Å². The van der Waals surface area contributed by atoms with Crippen molar-refractivity contribution >= 4 is 10.0 Å². The van der Waals surface area contributed by atoms with Gasteiger partial charge in [-0.2, -0.15) is 17.5 Å². The lowest BCUT2D eigenvalue weighted by Crippen LogP contribution is -2.49. The van der Waals surface area contributed by atoms with Crippen molar-refractivity contribution < 1.29 is 21.6 Å². The van der Waals surface area contributed by atoms with Crippen molar-refractivity contribution in [3.63, 3.8) is 0 Å². The van der Waals surface area contributed by atoms with Crippen molar-refractivity contribution in [3.8, 4) is 0 Å². The summed E-state index contributed by atoms with van der Waals surface area (Å²) >= 11 is 0. The van der Waals surface area contributed by atoms with E-state index >= 15 is 0 Å². The van der Waals surface area contributed by atoms with Crippen LogP contribution in [0.15, 0.2) is 0 Å². The Balaban J connectivity index is 2.35. The third-order valence-corrected chi connectivity index (χ3v) is 5.22. The van der Waals surface area contributed by atoms with Gasteiger partial charge >= 0.3 is 6.18 Å². The van der Waals surface area contributed by atoms with Gasteiger partial charge in [-0.15, -0.1) is 0 Å². The number of nitrogens with zero attached hydrogens (tertiary/aromatic N) is 2. The molecule has 0 saturated carbocycles. The lowest BCUT2D eigenvalue weighted by atomic mass is 10.3. The second kappa shape index (κ2) is 7.58. The Bertz CT molecular complexity index is 379. The molecule has 1 aliphatic rings. The quantitative estimate of drug-likeness (QED) is 0.748. The highest BCUT2D eigenvalue weighted by atomic mass is 32.2. The van der Waals surface area contributed by atoms with Gasteiger partial charge in [-0.25, -0.2) is 8.42 Å². The Hall–Kier alpha value is -0.380. The molecule has 0 atom stereocenters. The van der Waals surface area contributed by atoms with E-state index in [1.165, 1.54) is 4.31 Å². The van der Waals surface area contributed by atoms with E-state index in [4.69, 9.17) is 5.73 Å². The maximum absolute atomic E-state index is 12.0. The van der Waals surface area contributed by atoms with Crippen LogP contribution in [0.1, 0.15) is 19.3 Å². The van der Waals surface area contributed by atoms with E-state index in [1.807, 2.05) is 0 Å². The average molecular weight is 317 g/mol. The molecule has 0 aliphatic carbocycles. The van der Waals surface area contributed by atoms with Crippen LogP contribution in [0, 0.1) is 0 Å². The van der Waals surface area contributed by atoms with Gasteiger partial charge in [0.05, 0.1) is 5.75 Å². The fraction of sp³-hybridized carbons (Fsp3) is 1.00. The van der Waals surface area contributed by atoms with Gasteiger partial charge in [0.25, 0.3) is 0 Å². The minimum absolute atomic E-state index is 0.346. The van der Waals surface area contributed by atoms with Gasteiger partial charge < -0.3 is 10.6 Å². The van der Waals surface area contributed by atoms with Crippen LogP contribution < -0.4 is 5.73 Å². The Morgan fingerprint density at radius 3 is 2.15 bits per heavy atom. The molecule has 0 amide bonds. The molecule has 1 rings (SSSR count). The second-order valence-electron chi connectivity index (χ2n) is 4.92. The summed E-state index contributed by atoms with van der Waals surface area (Å²) in [5.74, 6) is -0.435.